The number of carboxylic acid groups (broad SMARTS) is 1. The van der Waals surface area contributed by atoms with Crippen LogP contribution in [0.4, 0.5) is 0 Å². The molecule has 115 heavy (non-hydrogen) atoms. The van der Waals surface area contributed by atoms with Crippen LogP contribution in [0.1, 0.15) is 6.42 Å². The maximum Gasteiger partial charge on any atom is 0.305 e. The Hall–Kier alpha value is -2.01. The van der Waals surface area contributed by atoms with Crippen LogP contribution >= 0.6 is 0 Å². The number of hydrogen-bond donors (Lipinski definition) is 1. The molecule has 0 aliphatic carbocycles. The maximum absolute atomic E-state index is 10.4. The third-order valence-corrected chi connectivity index (χ3v) is 13.9. The average molecular weight is 1690 g/mol. The lowest BCUT2D eigenvalue weighted by molar-refractivity contribution is -0.138. The first-order chi connectivity index (χ1) is 57.3. The van der Waals surface area contributed by atoms with Gasteiger partial charge in [-0.2, -0.15) is 0 Å². The van der Waals surface area contributed by atoms with E-state index in [-0.39, 0.29) is 13.0 Å². The summed E-state index contributed by atoms with van der Waals surface area (Å²) in [6, 6.07) is 0. The third-order valence-electron chi connectivity index (χ3n) is 13.9. The second-order valence-corrected chi connectivity index (χ2v) is 23.2. The van der Waals surface area contributed by atoms with Crippen molar-refractivity contribution in [2.75, 3.05) is 489 Å². The minimum absolute atomic E-state index is 0.0124. The van der Waals surface area contributed by atoms with Crippen molar-refractivity contribution in [3.63, 3.8) is 0 Å². The topological polar surface area (TPSA) is 379 Å². The van der Waals surface area contributed by atoms with Gasteiger partial charge in [0.1, 0.15) is 0 Å². The summed E-state index contributed by atoms with van der Waals surface area (Å²) in [6.07, 6.45) is -0.0124. The number of aliphatic carboxylic acids is 1. The highest BCUT2D eigenvalue weighted by atomic mass is 16.6. The van der Waals surface area contributed by atoms with Gasteiger partial charge in [0.15, 0.2) is 0 Å². The van der Waals surface area contributed by atoms with E-state index in [0.29, 0.717) is 476 Å². The van der Waals surface area contributed by atoms with E-state index in [0.717, 1.165) is 0 Å². The first-order valence-electron chi connectivity index (χ1n) is 40.8. The van der Waals surface area contributed by atoms with Crippen LogP contribution in [0.2, 0.25) is 0 Å². The van der Waals surface area contributed by atoms with E-state index >= 15 is 0 Å². The van der Waals surface area contributed by atoms with Crippen molar-refractivity contribution in [1.82, 2.24) is 0 Å². The van der Waals surface area contributed by atoms with Gasteiger partial charge in [-0.25, -0.2) is 0 Å². The van der Waals surface area contributed by atoms with Crippen molar-refractivity contribution in [2.45, 2.75) is 6.42 Å². The van der Waals surface area contributed by atoms with Crippen LogP contribution in [0.15, 0.2) is 0 Å². The van der Waals surface area contributed by atoms with Crippen molar-refractivity contribution < 1.29 is 185 Å². The molecule has 0 aromatic heterocycles. The van der Waals surface area contributed by atoms with E-state index in [4.69, 9.17) is 180 Å². The molecule has 39 heteroatoms. The predicted molar refractivity (Wildman–Crippen MR) is 414 cm³/mol. The fourth-order valence-corrected chi connectivity index (χ4v) is 8.10. The van der Waals surface area contributed by atoms with E-state index < -0.39 is 5.97 Å². The number of hydrogen-bond acceptors (Lipinski definition) is 38. The van der Waals surface area contributed by atoms with Crippen LogP contribution in [0.3, 0.4) is 0 Å². The van der Waals surface area contributed by atoms with Crippen LogP contribution in [-0.4, -0.2) is 500 Å². The zero-order valence-corrected chi connectivity index (χ0v) is 69.8. The highest BCUT2D eigenvalue weighted by Crippen LogP contribution is 1.95. The van der Waals surface area contributed by atoms with Gasteiger partial charge >= 0.3 is 5.97 Å². The van der Waals surface area contributed by atoms with Crippen LogP contribution in [0.5, 0.6) is 0 Å². The van der Waals surface area contributed by atoms with Gasteiger partial charge in [0.25, 0.3) is 0 Å². The Labute approximate surface area is 684 Å². The highest BCUT2D eigenvalue weighted by Gasteiger charge is 2.05. The second-order valence-electron chi connectivity index (χ2n) is 23.2. The maximum atomic E-state index is 10.4. The molecule has 690 valence electrons. The first-order valence-corrected chi connectivity index (χ1v) is 40.8. The molecule has 0 heterocycles. The van der Waals surface area contributed by atoms with Gasteiger partial charge in [0.05, 0.1) is 489 Å². The van der Waals surface area contributed by atoms with Crippen molar-refractivity contribution >= 4 is 5.97 Å². The summed E-state index contributed by atoms with van der Waals surface area (Å²) in [5, 5.41) is 8.54. The molecule has 0 spiro atoms. The molecule has 0 amide bonds. The van der Waals surface area contributed by atoms with Crippen molar-refractivity contribution in [1.29, 1.82) is 0 Å². The Balaban J connectivity index is 3.10. The molecule has 1 N–H and O–H groups in total. The molecular weight excluding hydrogens is 1540 g/mol. The van der Waals surface area contributed by atoms with Crippen LogP contribution in [-0.2, 0) is 180 Å². The Kier molecular flexibility index (Phi) is 108. The van der Waals surface area contributed by atoms with Gasteiger partial charge in [-0.3, -0.25) is 4.79 Å². The standard InChI is InChI=1S/C76H152O39/c1-79-4-5-81-8-9-83-12-13-85-16-17-87-20-21-89-24-25-91-28-29-93-32-33-95-36-37-97-40-41-99-44-45-101-48-49-103-52-53-105-56-57-107-60-61-109-64-65-111-68-69-113-72-73-115-75-74-114-71-70-112-67-66-110-63-62-108-59-58-106-55-54-104-51-50-102-47-46-100-43-42-98-39-38-96-35-34-94-31-30-92-27-26-90-23-22-88-19-18-86-15-14-84-11-10-82-7-6-80-3-2-76(77)78/h2-75H2,1H3,(H,77,78). The average Bonchev–Trinajstić information content (AvgIpc) is 3.21. The van der Waals surface area contributed by atoms with E-state index in [9.17, 15) is 4.79 Å². The van der Waals surface area contributed by atoms with Crippen molar-refractivity contribution in [3.05, 3.63) is 0 Å². The van der Waals surface area contributed by atoms with E-state index in [2.05, 4.69) is 0 Å². The number of carbonyl (C=O) groups is 1. The van der Waals surface area contributed by atoms with Crippen LogP contribution in [0, 0.1) is 0 Å². The Bertz CT molecular complexity index is 1670. The molecule has 0 aromatic rings. The zero-order valence-electron chi connectivity index (χ0n) is 69.8. The fraction of sp³-hybridized carbons (Fsp3) is 0.987. The smallest absolute Gasteiger partial charge is 0.305 e. The molecule has 0 aliphatic rings. The monoisotopic (exact) mass is 1690 g/mol. The van der Waals surface area contributed by atoms with Crippen LogP contribution < -0.4 is 0 Å². The molecule has 0 unspecified atom stereocenters. The minimum Gasteiger partial charge on any atom is -0.481 e. The molecule has 0 saturated heterocycles. The van der Waals surface area contributed by atoms with Gasteiger partial charge in [-0.1, -0.05) is 0 Å². The Morgan fingerprint density at radius 1 is 0.122 bits per heavy atom. The van der Waals surface area contributed by atoms with E-state index in [1.807, 2.05) is 0 Å². The summed E-state index contributed by atoms with van der Waals surface area (Å²) in [5.41, 5.74) is 0. The Morgan fingerprint density at radius 2 is 0.183 bits per heavy atom. The summed E-state index contributed by atoms with van der Waals surface area (Å²) >= 11 is 0. The van der Waals surface area contributed by atoms with E-state index in [1.165, 1.54) is 0 Å². The zero-order chi connectivity index (χ0) is 82.1. The summed E-state index contributed by atoms with van der Waals surface area (Å²) < 4.78 is 203. The Morgan fingerprint density at radius 3 is 0.243 bits per heavy atom. The van der Waals surface area contributed by atoms with Crippen molar-refractivity contribution in [2.24, 2.45) is 0 Å². The quantitative estimate of drug-likeness (QED) is 0.0819. The SMILES string of the molecule is COCCOCCOCCOCCOCCOCCOCCOCCOCCOCCOCCOCCOCCOCCOCCOCCOCCOCCOCCOCCOCCOCCOCCOCCOCCOCCOCCOCCOCCOCCOCCOCCOCCOCCOCCOCCOCCC(=O)O. The molecule has 0 aliphatic heterocycles. The minimum atomic E-state index is -0.882. The number of rotatable bonds is 111. The molecule has 0 fully saturated rings. The molecule has 0 rings (SSSR count). The lowest BCUT2D eigenvalue weighted by Gasteiger charge is -2.09. The summed E-state index contributed by atoms with van der Waals surface area (Å²) in [4.78, 5) is 10.4. The third kappa shape index (κ3) is 112. The number of ether oxygens (including phenoxy) is 37. The van der Waals surface area contributed by atoms with Gasteiger partial charge in [0.2, 0.25) is 0 Å². The predicted octanol–water partition coefficient (Wildman–Crippen LogP) is 0.705. The van der Waals surface area contributed by atoms with Crippen LogP contribution in [0.25, 0.3) is 0 Å². The second kappa shape index (κ2) is 110. The largest absolute Gasteiger partial charge is 0.481 e. The highest BCUT2D eigenvalue weighted by molar-refractivity contribution is 5.66. The number of methoxy groups -OCH3 is 1. The molecule has 39 nitrogen and oxygen atoms in total. The lowest BCUT2D eigenvalue weighted by atomic mass is 10.5. The fourth-order valence-electron chi connectivity index (χ4n) is 8.10. The van der Waals surface area contributed by atoms with Gasteiger partial charge in [-0.15, -0.1) is 0 Å². The van der Waals surface area contributed by atoms with Gasteiger partial charge < -0.3 is 180 Å². The normalized spacial score (nSPS) is 11.8. The molecule has 0 radical (unpaired) electrons. The number of carboxylic acids is 1. The summed E-state index contributed by atoms with van der Waals surface area (Å²) in [7, 11) is 1.64. The molecule has 0 bridgehead atoms. The van der Waals surface area contributed by atoms with E-state index in [1.54, 1.807) is 7.11 Å². The molecule has 0 atom stereocenters. The summed E-state index contributed by atoms with van der Waals surface area (Å²) in [5.74, 6) is -0.882. The first kappa shape index (κ1) is 113. The van der Waals surface area contributed by atoms with Gasteiger partial charge in [0, 0.05) is 7.11 Å². The van der Waals surface area contributed by atoms with Crippen molar-refractivity contribution in [3.8, 4) is 0 Å². The molecule has 0 aromatic carbocycles. The van der Waals surface area contributed by atoms with Gasteiger partial charge in [-0.05, 0) is 0 Å². The summed E-state index contributed by atoms with van der Waals surface area (Å²) in [6.45, 7) is 34.7. The molecule has 0 saturated carbocycles. The molecular formula is C76H152O39. The lowest BCUT2D eigenvalue weighted by Crippen LogP contribution is -2.16.